The van der Waals surface area contributed by atoms with E-state index in [1.165, 1.54) is 12.1 Å². The third-order valence-corrected chi connectivity index (χ3v) is 5.51. The Morgan fingerprint density at radius 1 is 1.14 bits per heavy atom. The van der Waals surface area contributed by atoms with Gasteiger partial charge in [-0.25, -0.2) is 13.6 Å². The molecule has 2 aliphatic heterocycles. The molecule has 28 heavy (non-hydrogen) atoms. The van der Waals surface area contributed by atoms with Crippen molar-refractivity contribution in [1.29, 1.82) is 0 Å². The summed E-state index contributed by atoms with van der Waals surface area (Å²) in [5.74, 6) is -1.24. The molecular weight excluding hydrogens is 368 g/mol. The fourth-order valence-corrected chi connectivity index (χ4v) is 3.89. The van der Waals surface area contributed by atoms with Crippen molar-refractivity contribution in [2.45, 2.75) is 38.8 Å². The van der Waals surface area contributed by atoms with Crippen molar-refractivity contribution in [2.75, 3.05) is 39.3 Å². The number of carbonyl (C=O) groups is 2. The van der Waals surface area contributed by atoms with E-state index in [-0.39, 0.29) is 24.6 Å². The number of rotatable bonds is 4. The zero-order valence-corrected chi connectivity index (χ0v) is 16.2. The smallest absolute Gasteiger partial charge is 0.409 e. The number of piperazine rings is 1. The Balaban J connectivity index is 1.54. The Morgan fingerprint density at radius 3 is 2.57 bits per heavy atom. The highest BCUT2D eigenvalue weighted by Gasteiger charge is 2.30. The predicted octanol–water partition coefficient (Wildman–Crippen LogP) is 2.62. The van der Waals surface area contributed by atoms with Crippen LogP contribution in [-0.4, -0.2) is 72.1 Å². The minimum Gasteiger partial charge on any atom is -0.450 e. The monoisotopic (exact) mass is 395 g/mol. The fourth-order valence-electron chi connectivity index (χ4n) is 3.89. The average Bonchev–Trinajstić information content (AvgIpc) is 2.86. The van der Waals surface area contributed by atoms with E-state index in [1.54, 1.807) is 16.7 Å². The Bertz CT molecular complexity index is 708. The summed E-state index contributed by atoms with van der Waals surface area (Å²) in [7, 11) is 0. The van der Waals surface area contributed by atoms with E-state index in [0.717, 1.165) is 32.0 Å². The van der Waals surface area contributed by atoms with Gasteiger partial charge in [0.25, 0.3) is 0 Å². The number of nitrogens with zero attached hydrogens (tertiary/aromatic N) is 3. The zero-order chi connectivity index (χ0) is 20.1. The lowest BCUT2D eigenvalue weighted by atomic mass is 10.1. The standard InChI is InChI=1S/C20H27F2N3O3/c1-2-28-20(27)24-11-9-23(10-12-24)17-5-6-19(26)25(8-7-17)14-15-3-4-16(21)13-18(15)22/h3-4,13,17H,2,5-12,14H2,1H3/t17-/m1/s1. The van der Waals surface area contributed by atoms with Crippen LogP contribution in [0.25, 0.3) is 0 Å². The van der Waals surface area contributed by atoms with Gasteiger partial charge in [0.1, 0.15) is 11.6 Å². The van der Waals surface area contributed by atoms with Crippen LogP contribution in [0.5, 0.6) is 0 Å². The predicted molar refractivity (Wildman–Crippen MR) is 99.6 cm³/mol. The zero-order valence-electron chi connectivity index (χ0n) is 16.2. The molecule has 3 rings (SSSR count). The molecule has 0 unspecified atom stereocenters. The summed E-state index contributed by atoms with van der Waals surface area (Å²) in [6, 6.07) is 3.72. The maximum absolute atomic E-state index is 13.9. The molecule has 0 N–H and O–H groups in total. The molecule has 2 amide bonds. The maximum Gasteiger partial charge on any atom is 0.409 e. The van der Waals surface area contributed by atoms with Crippen molar-refractivity contribution >= 4 is 12.0 Å². The first-order valence-electron chi connectivity index (χ1n) is 9.85. The summed E-state index contributed by atoms with van der Waals surface area (Å²) in [6.07, 6.45) is 1.69. The minimum absolute atomic E-state index is 0.00335. The molecule has 6 nitrogen and oxygen atoms in total. The molecule has 2 saturated heterocycles. The molecule has 0 aliphatic carbocycles. The lowest BCUT2D eigenvalue weighted by Gasteiger charge is -2.38. The second-order valence-corrected chi connectivity index (χ2v) is 7.25. The van der Waals surface area contributed by atoms with Gasteiger partial charge in [0.05, 0.1) is 6.61 Å². The third-order valence-electron chi connectivity index (χ3n) is 5.51. The number of hydrogen-bond donors (Lipinski definition) is 0. The lowest BCUT2D eigenvalue weighted by Crippen LogP contribution is -2.52. The molecule has 1 aromatic carbocycles. The number of ether oxygens (including phenoxy) is 1. The third kappa shape index (κ3) is 4.98. The molecule has 154 valence electrons. The van der Waals surface area contributed by atoms with Crippen molar-refractivity contribution in [3.05, 3.63) is 35.4 Å². The number of amides is 2. The molecule has 0 aromatic heterocycles. The van der Waals surface area contributed by atoms with Gasteiger partial charge in [-0.1, -0.05) is 6.07 Å². The fraction of sp³-hybridized carbons (Fsp3) is 0.600. The minimum atomic E-state index is -0.622. The van der Waals surface area contributed by atoms with Crippen molar-refractivity contribution < 1.29 is 23.1 Å². The van der Waals surface area contributed by atoms with E-state index in [4.69, 9.17) is 4.74 Å². The van der Waals surface area contributed by atoms with Crippen molar-refractivity contribution in [2.24, 2.45) is 0 Å². The normalized spacial score (nSPS) is 21.5. The van der Waals surface area contributed by atoms with Gasteiger partial charge < -0.3 is 14.5 Å². The summed E-state index contributed by atoms with van der Waals surface area (Å²) in [5.41, 5.74) is 0.330. The maximum atomic E-state index is 13.9. The van der Waals surface area contributed by atoms with E-state index in [9.17, 15) is 18.4 Å². The van der Waals surface area contributed by atoms with E-state index in [0.29, 0.717) is 38.2 Å². The molecule has 2 aliphatic rings. The van der Waals surface area contributed by atoms with Gasteiger partial charge in [-0.3, -0.25) is 9.69 Å². The summed E-state index contributed by atoms with van der Waals surface area (Å²) in [4.78, 5) is 30.0. The molecule has 2 fully saturated rings. The molecular formula is C20H27F2N3O3. The van der Waals surface area contributed by atoms with Gasteiger partial charge in [0, 0.05) is 63.4 Å². The second-order valence-electron chi connectivity index (χ2n) is 7.25. The van der Waals surface area contributed by atoms with Crippen LogP contribution < -0.4 is 0 Å². The number of halogens is 2. The van der Waals surface area contributed by atoms with Crippen LogP contribution in [-0.2, 0) is 16.1 Å². The molecule has 0 saturated carbocycles. The van der Waals surface area contributed by atoms with Gasteiger partial charge in [-0.2, -0.15) is 0 Å². The van der Waals surface area contributed by atoms with Crippen LogP contribution in [0.3, 0.4) is 0 Å². The molecule has 1 atom stereocenters. The summed E-state index contributed by atoms with van der Waals surface area (Å²) in [6.45, 7) is 5.61. The highest BCUT2D eigenvalue weighted by molar-refractivity contribution is 5.76. The van der Waals surface area contributed by atoms with E-state index in [1.807, 2.05) is 0 Å². The average molecular weight is 395 g/mol. The van der Waals surface area contributed by atoms with Gasteiger partial charge in [-0.15, -0.1) is 0 Å². The SMILES string of the molecule is CCOC(=O)N1CCN([C@@H]2CCC(=O)N(Cc3ccc(F)cc3F)CC2)CC1. The van der Waals surface area contributed by atoms with Crippen LogP contribution in [0.15, 0.2) is 18.2 Å². The Hall–Kier alpha value is -2.22. The number of carbonyl (C=O) groups excluding carboxylic acids is 2. The van der Waals surface area contributed by atoms with E-state index in [2.05, 4.69) is 4.90 Å². The molecule has 0 bridgehead atoms. The summed E-state index contributed by atoms with van der Waals surface area (Å²) < 4.78 is 32.1. The molecule has 2 heterocycles. The lowest BCUT2D eigenvalue weighted by molar-refractivity contribution is -0.131. The Labute approximate surface area is 164 Å². The highest BCUT2D eigenvalue weighted by Crippen LogP contribution is 2.22. The largest absolute Gasteiger partial charge is 0.450 e. The Kier molecular flexibility index (Phi) is 6.83. The first kappa shape index (κ1) is 20.5. The quantitative estimate of drug-likeness (QED) is 0.787. The van der Waals surface area contributed by atoms with Crippen LogP contribution in [0.2, 0.25) is 0 Å². The van der Waals surface area contributed by atoms with Crippen molar-refractivity contribution in [3.8, 4) is 0 Å². The van der Waals surface area contributed by atoms with Crippen LogP contribution in [0.4, 0.5) is 13.6 Å². The van der Waals surface area contributed by atoms with Gasteiger partial charge >= 0.3 is 6.09 Å². The first-order valence-corrected chi connectivity index (χ1v) is 9.85. The van der Waals surface area contributed by atoms with Gasteiger partial charge in [0.2, 0.25) is 5.91 Å². The molecule has 1 aromatic rings. The summed E-state index contributed by atoms with van der Waals surface area (Å²) >= 11 is 0. The van der Waals surface area contributed by atoms with Crippen LogP contribution >= 0.6 is 0 Å². The Morgan fingerprint density at radius 2 is 1.89 bits per heavy atom. The molecule has 0 spiro atoms. The van der Waals surface area contributed by atoms with Gasteiger partial charge in [-0.05, 0) is 25.8 Å². The number of benzene rings is 1. The number of likely N-dealkylation sites (tertiary alicyclic amines) is 1. The summed E-state index contributed by atoms with van der Waals surface area (Å²) in [5, 5.41) is 0. The molecule has 0 radical (unpaired) electrons. The van der Waals surface area contributed by atoms with Crippen LogP contribution in [0.1, 0.15) is 31.7 Å². The molecule has 8 heteroatoms. The van der Waals surface area contributed by atoms with Crippen LogP contribution in [0, 0.1) is 11.6 Å². The second kappa shape index (κ2) is 9.32. The number of hydrogen-bond acceptors (Lipinski definition) is 4. The topological polar surface area (TPSA) is 53.1 Å². The first-order chi connectivity index (χ1) is 13.5. The van der Waals surface area contributed by atoms with E-state index >= 15 is 0 Å². The van der Waals surface area contributed by atoms with Crippen molar-refractivity contribution in [3.63, 3.8) is 0 Å². The highest BCUT2D eigenvalue weighted by atomic mass is 19.1. The van der Waals surface area contributed by atoms with Gasteiger partial charge in [0.15, 0.2) is 0 Å². The van der Waals surface area contributed by atoms with E-state index < -0.39 is 11.6 Å². The van der Waals surface area contributed by atoms with Crippen molar-refractivity contribution in [1.82, 2.24) is 14.7 Å².